The number of nitrogens with zero attached hydrogens (tertiary/aromatic N) is 5. The Morgan fingerprint density at radius 1 is 1.19 bits per heavy atom. The van der Waals surface area contributed by atoms with Crippen LogP contribution in [-0.2, 0) is 10.0 Å². The number of piperidine rings is 1. The van der Waals surface area contributed by atoms with Crippen LogP contribution in [0, 0.1) is 30.1 Å². The topological polar surface area (TPSA) is 140 Å². The third kappa shape index (κ3) is 3.71. The van der Waals surface area contributed by atoms with Crippen LogP contribution >= 0.6 is 0 Å². The summed E-state index contributed by atoms with van der Waals surface area (Å²) in [6.07, 6.45) is 1.66. The first-order valence-electron chi connectivity index (χ1n) is 9.83. The van der Waals surface area contributed by atoms with Crippen molar-refractivity contribution in [3.05, 3.63) is 53.9 Å². The standard InChI is InChI=1S/C20H20N8O2S/c1-12-7-18(27-26-12)23-17-5-6-22-20(24-17)25-19-15-10-28(11-16(15)19)31(29,30)14-4-2-3-13(8-14)9-21/h2-8,15-16,19H,10-11H2,1H3,(H3,22,23,24,25,26,27)/t15-,16+,19?. The monoisotopic (exact) mass is 436 g/mol. The van der Waals surface area contributed by atoms with Gasteiger partial charge in [-0.2, -0.15) is 19.6 Å². The molecule has 0 radical (unpaired) electrons. The molecule has 3 atom stereocenters. The number of sulfonamides is 1. The number of hydrogen-bond donors (Lipinski definition) is 3. The van der Waals surface area contributed by atoms with Gasteiger partial charge < -0.3 is 10.6 Å². The van der Waals surface area contributed by atoms with Gasteiger partial charge in [-0.25, -0.2) is 13.4 Å². The Kier molecular flexibility index (Phi) is 4.60. The number of aryl methyl sites for hydroxylation is 1. The van der Waals surface area contributed by atoms with Crippen LogP contribution < -0.4 is 10.6 Å². The summed E-state index contributed by atoms with van der Waals surface area (Å²) in [6, 6.07) is 11.9. The molecule has 0 bridgehead atoms. The largest absolute Gasteiger partial charge is 0.351 e. The number of anilines is 3. The normalized spacial score (nSPS) is 22.5. The van der Waals surface area contributed by atoms with Gasteiger partial charge in [-0.3, -0.25) is 5.10 Å². The Bertz CT molecular complexity index is 1270. The number of benzene rings is 1. The number of nitriles is 1. The van der Waals surface area contributed by atoms with Crippen LogP contribution in [0.1, 0.15) is 11.3 Å². The molecule has 2 aliphatic rings. The van der Waals surface area contributed by atoms with Gasteiger partial charge in [-0.05, 0) is 43.0 Å². The molecule has 1 saturated carbocycles. The molecule has 3 heterocycles. The fourth-order valence-corrected chi connectivity index (χ4v) is 5.59. The van der Waals surface area contributed by atoms with E-state index >= 15 is 0 Å². The van der Waals surface area contributed by atoms with Crippen LogP contribution in [0.15, 0.2) is 47.5 Å². The molecule has 1 saturated heterocycles. The van der Waals surface area contributed by atoms with E-state index in [4.69, 9.17) is 5.26 Å². The van der Waals surface area contributed by atoms with Gasteiger partial charge in [0.2, 0.25) is 16.0 Å². The van der Waals surface area contributed by atoms with Gasteiger partial charge in [0.15, 0.2) is 5.82 Å². The maximum Gasteiger partial charge on any atom is 0.243 e. The highest BCUT2D eigenvalue weighted by molar-refractivity contribution is 7.89. The van der Waals surface area contributed by atoms with E-state index in [1.807, 2.05) is 19.1 Å². The van der Waals surface area contributed by atoms with E-state index in [0.29, 0.717) is 36.2 Å². The average Bonchev–Trinajstić information content (AvgIpc) is 3.11. The summed E-state index contributed by atoms with van der Waals surface area (Å²) in [6.45, 7) is 2.79. The molecule has 2 fully saturated rings. The Labute approximate surface area is 179 Å². The fourth-order valence-electron chi connectivity index (χ4n) is 4.03. The van der Waals surface area contributed by atoms with Crippen molar-refractivity contribution in [2.24, 2.45) is 11.8 Å². The maximum atomic E-state index is 12.9. The second kappa shape index (κ2) is 7.33. The van der Waals surface area contributed by atoms with E-state index in [0.717, 1.165) is 5.69 Å². The Hall–Kier alpha value is -3.49. The Morgan fingerprint density at radius 3 is 2.71 bits per heavy atom. The maximum absolute atomic E-state index is 12.9. The molecule has 158 valence electrons. The van der Waals surface area contributed by atoms with Gasteiger partial charge in [0.25, 0.3) is 0 Å². The Balaban J connectivity index is 1.22. The summed E-state index contributed by atoms with van der Waals surface area (Å²) in [5.41, 5.74) is 1.28. The minimum Gasteiger partial charge on any atom is -0.351 e. The molecule has 31 heavy (non-hydrogen) atoms. The zero-order valence-corrected chi connectivity index (χ0v) is 17.5. The minimum atomic E-state index is -3.61. The highest BCUT2D eigenvalue weighted by Gasteiger charge is 2.58. The van der Waals surface area contributed by atoms with E-state index in [1.165, 1.54) is 16.4 Å². The van der Waals surface area contributed by atoms with E-state index < -0.39 is 10.0 Å². The number of rotatable bonds is 6. The van der Waals surface area contributed by atoms with Crippen LogP contribution in [-0.4, -0.2) is 52.0 Å². The number of nitrogens with one attached hydrogen (secondary N) is 3. The lowest BCUT2D eigenvalue weighted by Crippen LogP contribution is -2.33. The SMILES string of the molecule is Cc1cc(Nc2ccnc(NC3[C@H]4CN(S(=O)(=O)c5cccc(C#N)c5)C[C@@H]34)n2)n[nH]1. The average molecular weight is 437 g/mol. The molecular formula is C20H20N8O2S. The van der Waals surface area contributed by atoms with Crippen molar-refractivity contribution in [3.8, 4) is 6.07 Å². The predicted octanol–water partition coefficient (Wildman–Crippen LogP) is 1.85. The van der Waals surface area contributed by atoms with Crippen LogP contribution in [0.3, 0.4) is 0 Å². The van der Waals surface area contributed by atoms with E-state index in [2.05, 4.69) is 30.8 Å². The number of H-pyrrole nitrogens is 1. The third-order valence-electron chi connectivity index (χ3n) is 5.67. The van der Waals surface area contributed by atoms with Crippen molar-refractivity contribution >= 4 is 27.6 Å². The van der Waals surface area contributed by atoms with Crippen molar-refractivity contribution in [1.82, 2.24) is 24.5 Å². The fraction of sp³-hybridized carbons (Fsp3) is 0.300. The summed E-state index contributed by atoms with van der Waals surface area (Å²) in [5.74, 6) is 2.21. The molecule has 10 nitrogen and oxygen atoms in total. The van der Waals surface area contributed by atoms with Crippen molar-refractivity contribution in [2.45, 2.75) is 17.9 Å². The lowest BCUT2D eigenvalue weighted by atomic mass is 10.2. The number of aromatic nitrogens is 4. The van der Waals surface area contributed by atoms with Crippen LogP contribution in [0.2, 0.25) is 0 Å². The first-order valence-corrected chi connectivity index (χ1v) is 11.3. The first-order chi connectivity index (χ1) is 14.9. The van der Waals surface area contributed by atoms with E-state index in [-0.39, 0.29) is 22.8 Å². The van der Waals surface area contributed by atoms with Gasteiger partial charge in [-0.1, -0.05) is 6.07 Å². The van der Waals surface area contributed by atoms with E-state index in [9.17, 15) is 8.42 Å². The number of fused-ring (bicyclic) bond motifs is 1. The highest BCUT2D eigenvalue weighted by atomic mass is 32.2. The molecule has 1 unspecified atom stereocenters. The molecule has 1 aliphatic heterocycles. The molecule has 3 aromatic rings. The first kappa shape index (κ1) is 19.5. The van der Waals surface area contributed by atoms with E-state index in [1.54, 1.807) is 24.4 Å². The zero-order chi connectivity index (χ0) is 21.6. The van der Waals surface area contributed by atoms with Crippen LogP contribution in [0.4, 0.5) is 17.6 Å². The lowest BCUT2D eigenvalue weighted by molar-refractivity contribution is 0.436. The van der Waals surface area contributed by atoms with Crippen molar-refractivity contribution in [1.29, 1.82) is 5.26 Å². The molecule has 3 N–H and O–H groups in total. The summed E-state index contributed by atoms with van der Waals surface area (Å²) in [4.78, 5) is 8.90. The van der Waals surface area contributed by atoms with Crippen LogP contribution in [0.25, 0.3) is 0 Å². The van der Waals surface area contributed by atoms with Gasteiger partial charge in [0.1, 0.15) is 5.82 Å². The van der Waals surface area contributed by atoms with Gasteiger partial charge in [0, 0.05) is 37.1 Å². The van der Waals surface area contributed by atoms with Gasteiger partial charge >= 0.3 is 0 Å². The molecule has 5 rings (SSSR count). The third-order valence-corrected chi connectivity index (χ3v) is 7.50. The molecule has 2 aromatic heterocycles. The highest BCUT2D eigenvalue weighted by Crippen LogP contribution is 2.48. The zero-order valence-electron chi connectivity index (χ0n) is 16.6. The number of hydrogen-bond acceptors (Lipinski definition) is 8. The molecule has 0 amide bonds. The summed E-state index contributed by atoms with van der Waals surface area (Å²) in [7, 11) is -3.61. The minimum absolute atomic E-state index is 0.139. The molecule has 1 aliphatic carbocycles. The lowest BCUT2D eigenvalue weighted by Gasteiger charge is -2.20. The molecule has 0 spiro atoms. The van der Waals surface area contributed by atoms with Crippen molar-refractivity contribution in [2.75, 3.05) is 23.7 Å². The summed E-state index contributed by atoms with van der Waals surface area (Å²) in [5, 5.41) is 22.5. The summed E-state index contributed by atoms with van der Waals surface area (Å²) < 4.78 is 27.3. The second-order valence-electron chi connectivity index (χ2n) is 7.79. The van der Waals surface area contributed by atoms with Crippen molar-refractivity contribution < 1.29 is 8.42 Å². The second-order valence-corrected chi connectivity index (χ2v) is 9.72. The molecule has 1 aromatic carbocycles. The number of aromatic amines is 1. The summed E-state index contributed by atoms with van der Waals surface area (Å²) >= 11 is 0. The molecule has 11 heteroatoms. The quantitative estimate of drug-likeness (QED) is 0.532. The molecular weight excluding hydrogens is 416 g/mol. The van der Waals surface area contributed by atoms with Gasteiger partial charge in [0.05, 0.1) is 16.5 Å². The smallest absolute Gasteiger partial charge is 0.243 e. The van der Waals surface area contributed by atoms with Gasteiger partial charge in [-0.15, -0.1) is 0 Å². The Morgan fingerprint density at radius 2 is 2.00 bits per heavy atom. The van der Waals surface area contributed by atoms with Crippen molar-refractivity contribution in [3.63, 3.8) is 0 Å². The van der Waals surface area contributed by atoms with Crippen LogP contribution in [0.5, 0.6) is 0 Å². The predicted molar refractivity (Wildman–Crippen MR) is 113 cm³/mol.